The summed E-state index contributed by atoms with van der Waals surface area (Å²) in [6, 6.07) is 11.6. The summed E-state index contributed by atoms with van der Waals surface area (Å²) in [6.07, 6.45) is 2.26. The molecule has 0 aliphatic carbocycles. The summed E-state index contributed by atoms with van der Waals surface area (Å²) in [5, 5.41) is 5.65. The molecule has 6 rings (SSSR count). The molecule has 0 spiro atoms. The van der Waals surface area contributed by atoms with Gasteiger partial charge in [0.1, 0.15) is 4.70 Å². The van der Waals surface area contributed by atoms with Gasteiger partial charge in [-0.25, -0.2) is 0 Å². The molecule has 2 nitrogen and oxygen atoms in total. The van der Waals surface area contributed by atoms with Crippen LogP contribution in [0.3, 0.4) is 0 Å². The van der Waals surface area contributed by atoms with E-state index in [0.29, 0.717) is 0 Å². The molecule has 0 bridgehead atoms. The number of rotatable bonds is 0. The molecule has 2 aromatic carbocycles. The van der Waals surface area contributed by atoms with E-state index in [4.69, 9.17) is 0 Å². The van der Waals surface area contributed by atoms with Gasteiger partial charge in [0.2, 0.25) is 12.2 Å². The number of hydrogen-bond acceptors (Lipinski definition) is 1. The SMILES string of the molecule is Cc1cc2cc(C)n3c2c2c1ccc1sc4c(C)cc[n+](c4c12)C3. The molecule has 0 radical (unpaired) electrons. The van der Waals surface area contributed by atoms with Crippen molar-refractivity contribution in [2.24, 2.45) is 0 Å². The molecular formula is C21H17N2S+. The summed E-state index contributed by atoms with van der Waals surface area (Å²) in [4.78, 5) is 0. The highest BCUT2D eigenvalue weighted by atomic mass is 32.1. The fourth-order valence-electron chi connectivity index (χ4n) is 4.50. The van der Waals surface area contributed by atoms with Gasteiger partial charge in [-0.05, 0) is 55.5 Å². The fourth-order valence-corrected chi connectivity index (χ4v) is 5.70. The van der Waals surface area contributed by atoms with E-state index in [2.05, 4.69) is 66.4 Å². The largest absolute Gasteiger partial charge is 0.289 e. The van der Waals surface area contributed by atoms with Crippen LogP contribution in [-0.2, 0) is 6.67 Å². The van der Waals surface area contributed by atoms with Gasteiger partial charge < -0.3 is 0 Å². The first kappa shape index (κ1) is 13.0. The smallest absolute Gasteiger partial charge is 0.233 e. The van der Waals surface area contributed by atoms with E-state index in [1.165, 1.54) is 58.8 Å². The topological polar surface area (TPSA) is 8.81 Å². The number of aryl methyl sites for hydroxylation is 3. The predicted octanol–water partition coefficient (Wildman–Crippen LogP) is 5.19. The van der Waals surface area contributed by atoms with E-state index in [1.807, 2.05) is 11.3 Å². The summed E-state index contributed by atoms with van der Waals surface area (Å²) in [7, 11) is 0. The third kappa shape index (κ3) is 1.32. The Morgan fingerprint density at radius 1 is 1.00 bits per heavy atom. The zero-order chi connectivity index (χ0) is 16.2. The molecule has 3 aromatic heterocycles. The average Bonchev–Trinajstić information content (AvgIpc) is 3.03. The predicted molar refractivity (Wildman–Crippen MR) is 102 cm³/mol. The third-order valence-electron chi connectivity index (χ3n) is 5.64. The van der Waals surface area contributed by atoms with Gasteiger partial charge in [-0.3, -0.25) is 4.57 Å². The van der Waals surface area contributed by atoms with Crippen molar-refractivity contribution in [3.8, 4) is 0 Å². The van der Waals surface area contributed by atoms with Gasteiger partial charge in [-0.1, -0.05) is 6.07 Å². The lowest BCUT2D eigenvalue weighted by Crippen LogP contribution is -2.37. The summed E-state index contributed by atoms with van der Waals surface area (Å²) in [5.41, 5.74) is 6.90. The highest BCUT2D eigenvalue weighted by molar-refractivity contribution is 7.26. The molecule has 1 aliphatic heterocycles. The normalized spacial score (nSPS) is 13.5. The molecule has 4 heterocycles. The van der Waals surface area contributed by atoms with E-state index in [0.717, 1.165) is 6.67 Å². The summed E-state index contributed by atoms with van der Waals surface area (Å²) in [6.45, 7) is 7.59. The Morgan fingerprint density at radius 2 is 1.88 bits per heavy atom. The second-order valence-electron chi connectivity index (χ2n) is 7.10. The number of hydrogen-bond donors (Lipinski definition) is 0. The fraction of sp³-hybridized carbons (Fsp3) is 0.190. The zero-order valence-corrected chi connectivity index (χ0v) is 14.8. The van der Waals surface area contributed by atoms with Crippen LogP contribution in [0.2, 0.25) is 0 Å². The number of nitrogens with zero attached hydrogens (tertiary/aromatic N) is 2. The van der Waals surface area contributed by atoms with Crippen LogP contribution < -0.4 is 4.57 Å². The van der Waals surface area contributed by atoms with Crippen LogP contribution >= 0.6 is 11.3 Å². The lowest BCUT2D eigenvalue weighted by atomic mass is 9.99. The maximum absolute atomic E-state index is 2.48. The number of benzene rings is 2. The molecule has 0 saturated carbocycles. The molecular weight excluding hydrogens is 312 g/mol. The molecule has 1 aliphatic rings. The Balaban J connectivity index is 2.09. The van der Waals surface area contributed by atoms with Crippen molar-refractivity contribution in [1.82, 2.24) is 4.57 Å². The number of aromatic nitrogens is 2. The van der Waals surface area contributed by atoms with Crippen molar-refractivity contribution in [2.75, 3.05) is 0 Å². The Kier molecular flexibility index (Phi) is 2.15. The van der Waals surface area contributed by atoms with Gasteiger partial charge in [0.15, 0.2) is 6.20 Å². The molecule has 5 aromatic rings. The van der Waals surface area contributed by atoms with Crippen LogP contribution in [-0.4, -0.2) is 4.57 Å². The Hall–Kier alpha value is -2.39. The van der Waals surface area contributed by atoms with Crippen molar-refractivity contribution < 1.29 is 4.57 Å². The molecule has 0 unspecified atom stereocenters. The summed E-state index contributed by atoms with van der Waals surface area (Å²) in [5.74, 6) is 0. The van der Waals surface area contributed by atoms with Crippen LogP contribution in [0.1, 0.15) is 16.8 Å². The Morgan fingerprint density at radius 3 is 2.75 bits per heavy atom. The summed E-state index contributed by atoms with van der Waals surface area (Å²) < 4.78 is 7.75. The maximum Gasteiger partial charge on any atom is 0.233 e. The van der Waals surface area contributed by atoms with E-state index in [-0.39, 0.29) is 0 Å². The minimum Gasteiger partial charge on any atom is -0.289 e. The van der Waals surface area contributed by atoms with E-state index < -0.39 is 0 Å². The first-order chi connectivity index (χ1) is 11.6. The first-order valence-corrected chi connectivity index (χ1v) is 9.22. The van der Waals surface area contributed by atoms with Crippen molar-refractivity contribution in [2.45, 2.75) is 27.4 Å². The number of thiophene rings is 1. The van der Waals surface area contributed by atoms with Gasteiger partial charge in [-0.2, -0.15) is 4.57 Å². The van der Waals surface area contributed by atoms with Crippen molar-refractivity contribution in [3.63, 3.8) is 0 Å². The van der Waals surface area contributed by atoms with Crippen LogP contribution in [0.4, 0.5) is 0 Å². The zero-order valence-electron chi connectivity index (χ0n) is 14.0. The van der Waals surface area contributed by atoms with Crippen LogP contribution in [0.25, 0.3) is 42.0 Å². The van der Waals surface area contributed by atoms with E-state index in [9.17, 15) is 0 Å². The van der Waals surface area contributed by atoms with Gasteiger partial charge >= 0.3 is 0 Å². The lowest BCUT2D eigenvalue weighted by Gasteiger charge is -2.07. The van der Waals surface area contributed by atoms with Gasteiger partial charge in [0.05, 0.1) is 10.9 Å². The van der Waals surface area contributed by atoms with E-state index in [1.54, 1.807) is 0 Å². The maximum atomic E-state index is 2.48. The number of pyridine rings is 1. The molecule has 0 atom stereocenters. The second-order valence-corrected chi connectivity index (χ2v) is 8.15. The third-order valence-corrected chi connectivity index (χ3v) is 6.92. The molecule has 0 amide bonds. The monoisotopic (exact) mass is 329 g/mol. The van der Waals surface area contributed by atoms with Crippen molar-refractivity contribution >= 4 is 53.3 Å². The highest BCUT2D eigenvalue weighted by Crippen LogP contribution is 2.43. The molecule has 0 fully saturated rings. The van der Waals surface area contributed by atoms with Gasteiger partial charge in [-0.15, -0.1) is 11.3 Å². The van der Waals surface area contributed by atoms with Crippen molar-refractivity contribution in [1.29, 1.82) is 0 Å². The highest BCUT2D eigenvalue weighted by Gasteiger charge is 2.26. The van der Waals surface area contributed by atoms with Crippen LogP contribution in [0, 0.1) is 20.8 Å². The molecule has 3 heteroatoms. The van der Waals surface area contributed by atoms with E-state index >= 15 is 0 Å². The van der Waals surface area contributed by atoms with Crippen LogP contribution in [0.15, 0.2) is 36.5 Å². The summed E-state index contributed by atoms with van der Waals surface area (Å²) >= 11 is 1.94. The minimum atomic E-state index is 0.894. The second kappa shape index (κ2) is 3.98. The standard InChI is InChI=1S/C21H17N2S/c1-11-6-7-22-10-23-13(3)9-14-8-12(2)15-4-5-16-18(17(15)19(14)23)20(22)21(11)24-16/h4-9H,10H2,1-3H3/q+1. The molecule has 0 saturated heterocycles. The Labute approximate surface area is 143 Å². The molecule has 24 heavy (non-hydrogen) atoms. The molecule has 116 valence electrons. The van der Waals surface area contributed by atoms with Gasteiger partial charge in [0.25, 0.3) is 0 Å². The minimum absolute atomic E-state index is 0.894. The average molecular weight is 329 g/mol. The first-order valence-electron chi connectivity index (χ1n) is 8.41. The van der Waals surface area contributed by atoms with Gasteiger partial charge in [0, 0.05) is 27.2 Å². The quantitative estimate of drug-likeness (QED) is 0.339. The van der Waals surface area contributed by atoms with Crippen molar-refractivity contribution in [3.05, 3.63) is 53.3 Å². The van der Waals surface area contributed by atoms with Crippen LogP contribution in [0.5, 0.6) is 0 Å². The molecule has 0 N–H and O–H groups in total. The Bertz CT molecular complexity index is 1350. The lowest BCUT2D eigenvalue weighted by molar-refractivity contribution is -0.674.